The molecule has 3 aliphatic rings. The third kappa shape index (κ3) is 4.40. The van der Waals surface area contributed by atoms with Crippen molar-refractivity contribution in [2.75, 3.05) is 26.3 Å². The Hall–Kier alpha value is -1.88. The monoisotopic (exact) mass is 384 g/mol. The number of aryl methyl sites for hydroxylation is 1. The molecule has 2 amide bonds. The Morgan fingerprint density at radius 2 is 1.82 bits per heavy atom. The molecule has 28 heavy (non-hydrogen) atoms. The second-order valence-electron chi connectivity index (χ2n) is 8.76. The molecule has 1 saturated carbocycles. The average Bonchev–Trinajstić information content (AvgIpc) is 3.16. The van der Waals surface area contributed by atoms with Crippen LogP contribution in [-0.2, 0) is 20.7 Å². The van der Waals surface area contributed by atoms with Crippen molar-refractivity contribution in [1.29, 1.82) is 0 Å². The van der Waals surface area contributed by atoms with Gasteiger partial charge >= 0.3 is 0 Å². The molecule has 1 aromatic rings. The number of amides is 2. The molecule has 4 rings (SSSR count). The largest absolute Gasteiger partial charge is 0.378 e. The molecule has 5 nitrogen and oxygen atoms in total. The van der Waals surface area contributed by atoms with Crippen molar-refractivity contribution in [3.63, 3.8) is 0 Å². The molecule has 2 fully saturated rings. The summed E-state index contributed by atoms with van der Waals surface area (Å²) >= 11 is 0. The van der Waals surface area contributed by atoms with Crippen molar-refractivity contribution < 1.29 is 14.3 Å². The van der Waals surface area contributed by atoms with Crippen molar-refractivity contribution in [2.24, 2.45) is 5.41 Å². The van der Waals surface area contributed by atoms with Gasteiger partial charge in [0.25, 0.3) is 0 Å². The fourth-order valence-electron chi connectivity index (χ4n) is 5.28. The molecule has 1 atom stereocenters. The second kappa shape index (κ2) is 8.64. The van der Waals surface area contributed by atoms with Crippen molar-refractivity contribution in [2.45, 2.75) is 63.8 Å². The highest BCUT2D eigenvalue weighted by molar-refractivity contribution is 5.81. The number of carbonyl (C=O) groups excluding carboxylic acids is 2. The quantitative estimate of drug-likeness (QED) is 0.847. The molecule has 1 N–H and O–H groups in total. The van der Waals surface area contributed by atoms with E-state index in [0.29, 0.717) is 39.1 Å². The topological polar surface area (TPSA) is 58.6 Å². The lowest BCUT2D eigenvalue weighted by Crippen LogP contribution is -2.43. The van der Waals surface area contributed by atoms with Crippen LogP contribution in [-0.4, -0.2) is 43.0 Å². The summed E-state index contributed by atoms with van der Waals surface area (Å²) in [5, 5.41) is 3.30. The van der Waals surface area contributed by atoms with Gasteiger partial charge in [0.15, 0.2) is 0 Å². The molecule has 0 spiro atoms. The Morgan fingerprint density at radius 1 is 1.07 bits per heavy atom. The van der Waals surface area contributed by atoms with Crippen LogP contribution in [0.25, 0.3) is 0 Å². The number of carbonyl (C=O) groups is 2. The van der Waals surface area contributed by atoms with Crippen LogP contribution in [0.1, 0.15) is 68.5 Å². The lowest BCUT2D eigenvalue weighted by atomic mass is 9.78. The van der Waals surface area contributed by atoms with E-state index in [-0.39, 0.29) is 23.3 Å². The number of hydrogen-bond donors (Lipinski definition) is 1. The first-order valence-corrected chi connectivity index (χ1v) is 10.9. The Kier molecular flexibility index (Phi) is 6.00. The molecule has 1 heterocycles. The van der Waals surface area contributed by atoms with E-state index in [0.717, 1.165) is 44.9 Å². The van der Waals surface area contributed by atoms with E-state index in [4.69, 9.17) is 4.74 Å². The zero-order valence-electron chi connectivity index (χ0n) is 16.8. The lowest BCUT2D eigenvalue weighted by Gasteiger charge is -2.34. The number of ether oxygens (including phenoxy) is 1. The number of nitrogens with zero attached hydrogens (tertiary/aromatic N) is 1. The maximum atomic E-state index is 13.0. The third-order valence-electron chi connectivity index (χ3n) is 6.79. The van der Waals surface area contributed by atoms with E-state index >= 15 is 0 Å². The molecule has 1 aliphatic heterocycles. The van der Waals surface area contributed by atoms with Gasteiger partial charge in [0.05, 0.1) is 19.3 Å². The van der Waals surface area contributed by atoms with Crippen LogP contribution >= 0.6 is 0 Å². The minimum Gasteiger partial charge on any atom is -0.378 e. The third-order valence-corrected chi connectivity index (χ3v) is 6.79. The van der Waals surface area contributed by atoms with E-state index < -0.39 is 0 Å². The first-order chi connectivity index (χ1) is 13.7. The highest BCUT2D eigenvalue weighted by atomic mass is 16.5. The molecule has 152 valence electrons. The van der Waals surface area contributed by atoms with Crippen LogP contribution in [0.5, 0.6) is 0 Å². The Balaban J connectivity index is 1.39. The summed E-state index contributed by atoms with van der Waals surface area (Å²) < 4.78 is 5.36. The van der Waals surface area contributed by atoms with Crippen molar-refractivity contribution >= 4 is 11.8 Å². The van der Waals surface area contributed by atoms with Crippen LogP contribution in [0.15, 0.2) is 24.3 Å². The zero-order chi connectivity index (χ0) is 19.4. The maximum Gasteiger partial charge on any atom is 0.223 e. The maximum absolute atomic E-state index is 13.0. The number of rotatable bonds is 5. The number of fused-ring (bicyclic) bond motifs is 1. The van der Waals surface area contributed by atoms with Crippen LogP contribution < -0.4 is 5.32 Å². The summed E-state index contributed by atoms with van der Waals surface area (Å²) in [5.41, 5.74) is 2.47. The van der Waals surface area contributed by atoms with Crippen LogP contribution in [0, 0.1) is 5.41 Å². The molecular weight excluding hydrogens is 352 g/mol. The van der Waals surface area contributed by atoms with Gasteiger partial charge < -0.3 is 15.0 Å². The highest BCUT2D eigenvalue weighted by Crippen LogP contribution is 2.44. The summed E-state index contributed by atoms with van der Waals surface area (Å²) in [6, 6.07) is 8.57. The summed E-state index contributed by atoms with van der Waals surface area (Å²) in [6.07, 6.45) is 8.40. The first-order valence-electron chi connectivity index (χ1n) is 10.9. The van der Waals surface area contributed by atoms with Gasteiger partial charge in [-0.3, -0.25) is 9.59 Å². The molecule has 2 aliphatic carbocycles. The molecule has 0 bridgehead atoms. The minimum atomic E-state index is -0.159. The second-order valence-corrected chi connectivity index (χ2v) is 8.76. The van der Waals surface area contributed by atoms with Gasteiger partial charge in [0, 0.05) is 25.9 Å². The van der Waals surface area contributed by atoms with Gasteiger partial charge in [-0.05, 0) is 48.6 Å². The molecular formula is C23H32N2O3. The van der Waals surface area contributed by atoms with E-state index in [1.54, 1.807) is 0 Å². The predicted molar refractivity (Wildman–Crippen MR) is 108 cm³/mol. The molecule has 1 aromatic carbocycles. The first kappa shape index (κ1) is 19.4. The van der Waals surface area contributed by atoms with Crippen LogP contribution in [0.4, 0.5) is 0 Å². The summed E-state index contributed by atoms with van der Waals surface area (Å²) in [6.45, 7) is 2.61. The Bertz CT molecular complexity index is 706. The number of nitrogens with one attached hydrogen (secondary N) is 1. The van der Waals surface area contributed by atoms with Gasteiger partial charge in [-0.15, -0.1) is 0 Å². The zero-order valence-corrected chi connectivity index (χ0v) is 16.8. The molecule has 5 heteroatoms. The highest BCUT2D eigenvalue weighted by Gasteiger charge is 2.39. The Labute approximate surface area is 167 Å². The van der Waals surface area contributed by atoms with Gasteiger partial charge in [-0.1, -0.05) is 37.1 Å². The van der Waals surface area contributed by atoms with E-state index in [1.807, 2.05) is 4.90 Å². The number of hydrogen-bond acceptors (Lipinski definition) is 3. The molecule has 0 aromatic heterocycles. The van der Waals surface area contributed by atoms with Crippen LogP contribution in [0.2, 0.25) is 0 Å². The SMILES string of the molecule is O=C(CC1(CC(=O)N2CCOCC2)CCCC1)N[C@@H]1CCCc2ccccc21. The molecule has 0 radical (unpaired) electrons. The lowest BCUT2D eigenvalue weighted by molar-refractivity contribution is -0.138. The van der Waals surface area contributed by atoms with Crippen molar-refractivity contribution in [1.82, 2.24) is 10.2 Å². The van der Waals surface area contributed by atoms with Gasteiger partial charge in [0.2, 0.25) is 11.8 Å². The predicted octanol–water partition coefficient (Wildman–Crippen LogP) is 3.38. The smallest absolute Gasteiger partial charge is 0.223 e. The number of benzene rings is 1. The van der Waals surface area contributed by atoms with Crippen LogP contribution in [0.3, 0.4) is 0 Å². The van der Waals surface area contributed by atoms with E-state index in [9.17, 15) is 9.59 Å². The number of morpholine rings is 1. The average molecular weight is 385 g/mol. The van der Waals surface area contributed by atoms with Gasteiger partial charge in [-0.2, -0.15) is 0 Å². The molecule has 1 saturated heterocycles. The van der Waals surface area contributed by atoms with Gasteiger partial charge in [0.1, 0.15) is 0 Å². The van der Waals surface area contributed by atoms with E-state index in [1.165, 1.54) is 11.1 Å². The summed E-state index contributed by atoms with van der Waals surface area (Å²) in [4.78, 5) is 27.7. The van der Waals surface area contributed by atoms with Crippen molar-refractivity contribution in [3.05, 3.63) is 35.4 Å². The van der Waals surface area contributed by atoms with E-state index in [2.05, 4.69) is 29.6 Å². The summed E-state index contributed by atoms with van der Waals surface area (Å²) in [7, 11) is 0. The normalized spacial score (nSPS) is 23.9. The Morgan fingerprint density at radius 3 is 2.61 bits per heavy atom. The standard InChI is InChI=1S/C23H32N2O3/c26-21(24-20-9-5-7-18-6-1-2-8-19(18)20)16-23(10-3-4-11-23)17-22(27)25-12-14-28-15-13-25/h1-2,6,8,20H,3-5,7,9-17H2,(H,24,26)/t20-/m1/s1. The molecule has 0 unspecified atom stereocenters. The minimum absolute atomic E-state index is 0.110. The fourth-order valence-corrected chi connectivity index (χ4v) is 5.28. The fraction of sp³-hybridized carbons (Fsp3) is 0.652. The summed E-state index contributed by atoms with van der Waals surface area (Å²) in [5.74, 6) is 0.305. The van der Waals surface area contributed by atoms with Gasteiger partial charge in [-0.25, -0.2) is 0 Å². The van der Waals surface area contributed by atoms with Crippen molar-refractivity contribution in [3.8, 4) is 0 Å².